The van der Waals surface area contributed by atoms with Crippen LogP contribution in [0.25, 0.3) is 0 Å². The van der Waals surface area contributed by atoms with E-state index in [9.17, 15) is 0 Å². The van der Waals surface area contributed by atoms with E-state index in [-0.39, 0.29) is 0 Å². The lowest BCUT2D eigenvalue weighted by Gasteiger charge is -2.34. The Balaban J connectivity index is 1.35. The van der Waals surface area contributed by atoms with Gasteiger partial charge >= 0.3 is 0 Å². The molecule has 2 aromatic rings. The van der Waals surface area contributed by atoms with Crippen LogP contribution in [-0.2, 0) is 13.1 Å². The zero-order valence-electron chi connectivity index (χ0n) is 12.6. The molecule has 2 aromatic heterocycles. The minimum atomic E-state index is 0.923. The summed E-state index contributed by atoms with van der Waals surface area (Å²) in [6.07, 6.45) is 5.43. The number of piperazine rings is 1. The molecule has 21 heavy (non-hydrogen) atoms. The van der Waals surface area contributed by atoms with E-state index in [2.05, 4.69) is 37.2 Å². The van der Waals surface area contributed by atoms with Gasteiger partial charge in [-0.2, -0.15) is 10.2 Å². The first-order chi connectivity index (χ1) is 10.3. The lowest BCUT2D eigenvalue weighted by molar-refractivity contribution is 0.124. The lowest BCUT2D eigenvalue weighted by Crippen LogP contribution is -2.47. The zero-order chi connectivity index (χ0) is 14.5. The Kier molecular flexibility index (Phi) is 4.62. The normalized spacial score (nSPS) is 17.4. The van der Waals surface area contributed by atoms with Crippen molar-refractivity contribution >= 4 is 0 Å². The molecule has 0 saturated carbocycles. The molecule has 114 valence electrons. The highest BCUT2D eigenvalue weighted by Gasteiger charge is 2.16. The van der Waals surface area contributed by atoms with Crippen LogP contribution in [0.4, 0.5) is 0 Å². The highest BCUT2D eigenvalue weighted by atomic mass is 15.3. The number of aromatic nitrogens is 5. The van der Waals surface area contributed by atoms with Crippen molar-refractivity contribution < 1.29 is 0 Å². The van der Waals surface area contributed by atoms with E-state index < -0.39 is 0 Å². The van der Waals surface area contributed by atoms with E-state index >= 15 is 0 Å². The molecule has 0 aliphatic carbocycles. The molecular formula is C14H23N7. The number of nitrogens with zero attached hydrogens (tertiary/aromatic N) is 7. The predicted molar refractivity (Wildman–Crippen MR) is 79.9 cm³/mol. The second-order valence-corrected chi connectivity index (χ2v) is 5.56. The third kappa shape index (κ3) is 4.12. The molecule has 0 N–H and O–H groups in total. The highest BCUT2D eigenvalue weighted by Crippen LogP contribution is 2.03. The fourth-order valence-corrected chi connectivity index (χ4v) is 2.66. The quantitative estimate of drug-likeness (QED) is 0.755. The van der Waals surface area contributed by atoms with E-state index in [0.717, 1.165) is 58.1 Å². The fraction of sp³-hybridized carbons (Fsp3) is 0.643. The van der Waals surface area contributed by atoms with Gasteiger partial charge in [-0.15, -0.1) is 0 Å². The number of rotatable bonds is 6. The van der Waals surface area contributed by atoms with Crippen LogP contribution < -0.4 is 0 Å². The molecule has 1 saturated heterocycles. The highest BCUT2D eigenvalue weighted by molar-refractivity contribution is 4.94. The van der Waals surface area contributed by atoms with Crippen molar-refractivity contribution in [2.45, 2.75) is 20.0 Å². The Labute approximate surface area is 125 Å². The van der Waals surface area contributed by atoms with Crippen LogP contribution in [0.15, 0.2) is 24.9 Å². The van der Waals surface area contributed by atoms with Gasteiger partial charge in [-0.05, 0) is 13.0 Å². The molecule has 1 aliphatic heterocycles. The first kappa shape index (κ1) is 14.2. The molecule has 0 amide bonds. The molecule has 0 unspecified atom stereocenters. The monoisotopic (exact) mass is 289 g/mol. The van der Waals surface area contributed by atoms with Crippen LogP contribution in [0, 0.1) is 6.92 Å². The van der Waals surface area contributed by atoms with E-state index in [1.54, 1.807) is 12.7 Å². The van der Waals surface area contributed by atoms with Crippen molar-refractivity contribution in [1.82, 2.24) is 34.3 Å². The van der Waals surface area contributed by atoms with Gasteiger partial charge in [0.15, 0.2) is 0 Å². The van der Waals surface area contributed by atoms with E-state index in [0.29, 0.717) is 0 Å². The Morgan fingerprint density at radius 2 is 1.62 bits per heavy atom. The van der Waals surface area contributed by atoms with E-state index in [1.807, 2.05) is 16.3 Å². The number of hydrogen-bond donors (Lipinski definition) is 0. The minimum absolute atomic E-state index is 0.923. The Bertz CT molecular complexity index is 525. The zero-order valence-corrected chi connectivity index (χ0v) is 12.6. The smallest absolute Gasteiger partial charge is 0.137 e. The van der Waals surface area contributed by atoms with Gasteiger partial charge in [-0.25, -0.2) is 4.98 Å². The molecule has 0 spiro atoms. The summed E-state index contributed by atoms with van der Waals surface area (Å²) in [5.74, 6) is 0. The Morgan fingerprint density at radius 1 is 0.952 bits per heavy atom. The maximum atomic E-state index is 4.43. The van der Waals surface area contributed by atoms with Gasteiger partial charge < -0.3 is 0 Å². The Morgan fingerprint density at radius 3 is 2.14 bits per heavy atom. The number of hydrogen-bond acceptors (Lipinski definition) is 5. The fourth-order valence-electron chi connectivity index (χ4n) is 2.66. The first-order valence-corrected chi connectivity index (χ1v) is 7.57. The van der Waals surface area contributed by atoms with Gasteiger partial charge in [0.05, 0.1) is 18.8 Å². The van der Waals surface area contributed by atoms with Crippen LogP contribution in [0.3, 0.4) is 0 Å². The number of aryl methyl sites for hydroxylation is 1. The molecule has 0 bridgehead atoms. The Hall–Kier alpha value is -1.73. The summed E-state index contributed by atoms with van der Waals surface area (Å²) >= 11 is 0. The van der Waals surface area contributed by atoms with Crippen LogP contribution in [0.5, 0.6) is 0 Å². The molecule has 7 nitrogen and oxygen atoms in total. The van der Waals surface area contributed by atoms with Crippen molar-refractivity contribution in [3.8, 4) is 0 Å². The van der Waals surface area contributed by atoms with Gasteiger partial charge in [0.25, 0.3) is 0 Å². The molecule has 1 aliphatic rings. The predicted octanol–water partition coefficient (Wildman–Crippen LogP) is 0.101. The maximum absolute atomic E-state index is 4.43. The van der Waals surface area contributed by atoms with Crippen molar-refractivity contribution in [1.29, 1.82) is 0 Å². The second-order valence-electron chi connectivity index (χ2n) is 5.56. The molecule has 3 rings (SSSR count). The van der Waals surface area contributed by atoms with Crippen LogP contribution in [0.2, 0.25) is 0 Å². The molecular weight excluding hydrogens is 266 g/mol. The average molecular weight is 289 g/mol. The minimum Gasteiger partial charge on any atom is -0.299 e. The molecule has 3 heterocycles. The largest absolute Gasteiger partial charge is 0.299 e. The van der Waals surface area contributed by atoms with Crippen LogP contribution in [-0.4, -0.2) is 73.6 Å². The maximum Gasteiger partial charge on any atom is 0.137 e. The van der Waals surface area contributed by atoms with E-state index in [1.165, 1.54) is 0 Å². The van der Waals surface area contributed by atoms with Gasteiger partial charge in [0, 0.05) is 45.5 Å². The van der Waals surface area contributed by atoms with Gasteiger partial charge in [0.1, 0.15) is 12.7 Å². The molecule has 0 aromatic carbocycles. The van der Waals surface area contributed by atoms with Crippen LogP contribution in [0.1, 0.15) is 5.69 Å². The molecule has 7 heteroatoms. The van der Waals surface area contributed by atoms with Crippen LogP contribution >= 0.6 is 0 Å². The standard InChI is InChI=1S/C14H23N7/c1-14-2-3-20(17-14)10-8-18-4-6-19(7-5-18)9-11-21-13-15-12-16-21/h2-3,12-13H,4-11H2,1H3. The van der Waals surface area contributed by atoms with Crippen molar-refractivity contribution in [3.63, 3.8) is 0 Å². The average Bonchev–Trinajstić information content (AvgIpc) is 3.15. The summed E-state index contributed by atoms with van der Waals surface area (Å²) in [5.41, 5.74) is 1.09. The topological polar surface area (TPSA) is 55.0 Å². The van der Waals surface area contributed by atoms with Crippen molar-refractivity contribution in [2.24, 2.45) is 0 Å². The SMILES string of the molecule is Cc1ccn(CCN2CCN(CCn3cncn3)CC2)n1. The molecule has 1 fully saturated rings. The summed E-state index contributed by atoms with van der Waals surface area (Å²) in [6.45, 7) is 10.6. The molecule has 0 atom stereocenters. The summed E-state index contributed by atoms with van der Waals surface area (Å²) in [7, 11) is 0. The summed E-state index contributed by atoms with van der Waals surface area (Å²) in [6, 6.07) is 2.06. The van der Waals surface area contributed by atoms with E-state index in [4.69, 9.17) is 0 Å². The third-order valence-corrected chi connectivity index (χ3v) is 4.00. The second kappa shape index (κ2) is 6.82. The summed E-state index contributed by atoms with van der Waals surface area (Å²) < 4.78 is 3.93. The van der Waals surface area contributed by atoms with Crippen molar-refractivity contribution in [2.75, 3.05) is 39.3 Å². The van der Waals surface area contributed by atoms with Gasteiger partial charge in [-0.1, -0.05) is 0 Å². The summed E-state index contributed by atoms with van der Waals surface area (Å²) in [5, 5.41) is 8.57. The van der Waals surface area contributed by atoms with Crippen molar-refractivity contribution in [3.05, 3.63) is 30.6 Å². The van der Waals surface area contributed by atoms with Gasteiger partial charge in [-0.3, -0.25) is 19.2 Å². The lowest BCUT2D eigenvalue weighted by atomic mass is 10.3. The van der Waals surface area contributed by atoms with Gasteiger partial charge in [0.2, 0.25) is 0 Å². The summed E-state index contributed by atoms with van der Waals surface area (Å²) in [4.78, 5) is 8.98. The third-order valence-electron chi connectivity index (χ3n) is 4.00. The molecule has 0 radical (unpaired) electrons. The first-order valence-electron chi connectivity index (χ1n) is 7.57.